The average molecular weight is 433 g/mol. The summed E-state index contributed by atoms with van der Waals surface area (Å²) in [5, 5.41) is 0. The topological polar surface area (TPSA) is 9.23 Å². The Hall–Kier alpha value is -1.38. The summed E-state index contributed by atoms with van der Waals surface area (Å²) < 4.78 is 35.3. The molecule has 2 aliphatic carbocycles. The Bertz CT molecular complexity index is 718. The van der Waals surface area contributed by atoms with Crippen molar-refractivity contribution < 1.29 is 13.5 Å². The quantitative estimate of drug-likeness (QED) is 0.335. The van der Waals surface area contributed by atoms with Crippen molar-refractivity contribution in [2.45, 2.75) is 110 Å². The second-order valence-electron chi connectivity index (χ2n) is 10.00. The van der Waals surface area contributed by atoms with Gasteiger partial charge in [0, 0.05) is 5.56 Å². The number of hydrogen-bond donors (Lipinski definition) is 0. The van der Waals surface area contributed by atoms with Gasteiger partial charge in [-0.25, -0.2) is 4.39 Å². The third kappa shape index (κ3) is 6.56. The molecule has 0 radical (unpaired) electrons. The highest BCUT2D eigenvalue weighted by molar-refractivity contribution is 5.67. The Morgan fingerprint density at radius 1 is 0.935 bits per heavy atom. The zero-order valence-electron chi connectivity index (χ0n) is 19.9. The number of ether oxygens (including phenoxy) is 1. The third-order valence-electron chi connectivity index (χ3n) is 7.64. The maximum atomic E-state index is 14.9. The van der Waals surface area contributed by atoms with Crippen LogP contribution in [0.1, 0.15) is 110 Å². The van der Waals surface area contributed by atoms with Crippen molar-refractivity contribution in [1.82, 2.24) is 0 Å². The first-order valence-electron chi connectivity index (χ1n) is 12.9. The van der Waals surface area contributed by atoms with Gasteiger partial charge >= 0.3 is 0 Å². The van der Waals surface area contributed by atoms with E-state index in [2.05, 4.69) is 19.9 Å². The summed E-state index contributed by atoms with van der Waals surface area (Å²) in [4.78, 5) is 0. The minimum absolute atomic E-state index is 0.0448. The third-order valence-corrected chi connectivity index (χ3v) is 7.64. The molecule has 3 rings (SSSR count). The smallest absolute Gasteiger partial charge is 0.201 e. The molecule has 3 heteroatoms. The second-order valence-corrected chi connectivity index (χ2v) is 10.00. The molecule has 1 aromatic carbocycles. The number of hydrogen-bond acceptors (Lipinski definition) is 1. The molecular weight excluding hydrogens is 390 g/mol. The van der Waals surface area contributed by atoms with Crippen molar-refractivity contribution in [2.24, 2.45) is 17.8 Å². The first-order chi connectivity index (χ1) is 15.0. The molecule has 2 aliphatic rings. The minimum atomic E-state index is -0.836. The molecule has 0 bridgehead atoms. The van der Waals surface area contributed by atoms with E-state index < -0.39 is 11.6 Å². The monoisotopic (exact) mass is 432 g/mol. The Balaban J connectivity index is 1.57. The molecule has 0 amide bonds. The number of benzene rings is 1. The van der Waals surface area contributed by atoms with E-state index in [1.54, 1.807) is 12.1 Å². The molecule has 1 aromatic rings. The standard InChI is InChI=1S/C28H42F2O/c1-4-6-7-9-20(3)31-26-19-18-25(27(29)28(26)30)24-16-14-23(15-17-24)22-12-10-21(8-5-2)11-13-22/h16,18-23H,4-15,17H2,1-3H3. The molecule has 0 heterocycles. The van der Waals surface area contributed by atoms with Gasteiger partial charge in [-0.2, -0.15) is 4.39 Å². The highest BCUT2D eigenvalue weighted by Crippen LogP contribution is 2.42. The van der Waals surface area contributed by atoms with Crippen LogP contribution in [-0.2, 0) is 0 Å². The van der Waals surface area contributed by atoms with Crippen molar-refractivity contribution >= 4 is 5.57 Å². The molecule has 2 unspecified atom stereocenters. The molecule has 2 atom stereocenters. The first-order valence-corrected chi connectivity index (χ1v) is 12.9. The van der Waals surface area contributed by atoms with Crippen LogP contribution in [0.4, 0.5) is 8.78 Å². The molecule has 0 aromatic heterocycles. The van der Waals surface area contributed by atoms with Crippen molar-refractivity contribution in [3.8, 4) is 5.75 Å². The Morgan fingerprint density at radius 2 is 1.71 bits per heavy atom. The van der Waals surface area contributed by atoms with Crippen LogP contribution in [0, 0.1) is 29.4 Å². The van der Waals surface area contributed by atoms with Crippen LogP contribution in [-0.4, -0.2) is 6.10 Å². The molecule has 1 nitrogen and oxygen atoms in total. The van der Waals surface area contributed by atoms with Gasteiger partial charge in [0.1, 0.15) is 0 Å². The van der Waals surface area contributed by atoms with Crippen LogP contribution in [0.3, 0.4) is 0 Å². The normalized spacial score (nSPS) is 25.2. The lowest BCUT2D eigenvalue weighted by atomic mass is 9.70. The highest BCUT2D eigenvalue weighted by Gasteiger charge is 2.29. The molecular formula is C28H42F2O. The van der Waals surface area contributed by atoms with E-state index in [1.165, 1.54) is 38.5 Å². The van der Waals surface area contributed by atoms with E-state index in [1.807, 2.05) is 6.92 Å². The van der Waals surface area contributed by atoms with Gasteiger partial charge in [0.25, 0.3) is 0 Å². The van der Waals surface area contributed by atoms with Crippen molar-refractivity contribution in [3.63, 3.8) is 0 Å². The summed E-state index contributed by atoms with van der Waals surface area (Å²) in [7, 11) is 0. The van der Waals surface area contributed by atoms with Crippen molar-refractivity contribution in [3.05, 3.63) is 35.4 Å². The fraction of sp³-hybridized carbons (Fsp3) is 0.714. The van der Waals surface area contributed by atoms with E-state index in [4.69, 9.17) is 4.74 Å². The van der Waals surface area contributed by atoms with E-state index in [0.717, 1.165) is 62.4 Å². The van der Waals surface area contributed by atoms with E-state index in [-0.39, 0.29) is 11.9 Å². The van der Waals surface area contributed by atoms with Gasteiger partial charge in [0.05, 0.1) is 6.10 Å². The number of rotatable bonds is 10. The SMILES string of the molecule is CCCCCC(C)Oc1ccc(C2=CCC(C3CCC(CCC)CC3)CC2)c(F)c1F. The van der Waals surface area contributed by atoms with Crippen LogP contribution in [0.5, 0.6) is 5.75 Å². The zero-order valence-corrected chi connectivity index (χ0v) is 19.9. The van der Waals surface area contributed by atoms with E-state index in [9.17, 15) is 8.78 Å². The molecule has 0 N–H and O–H groups in total. The molecule has 31 heavy (non-hydrogen) atoms. The number of halogens is 2. The lowest BCUT2D eigenvalue weighted by molar-refractivity contribution is 0.189. The predicted octanol–water partition coefficient (Wildman–Crippen LogP) is 9.10. The predicted molar refractivity (Wildman–Crippen MR) is 126 cm³/mol. The van der Waals surface area contributed by atoms with Gasteiger partial charge in [-0.05, 0) is 87.3 Å². The summed E-state index contributed by atoms with van der Waals surface area (Å²) in [6.07, 6.45) is 17.4. The largest absolute Gasteiger partial charge is 0.488 e. The van der Waals surface area contributed by atoms with Gasteiger partial charge in [-0.3, -0.25) is 0 Å². The fourth-order valence-corrected chi connectivity index (χ4v) is 5.71. The molecule has 0 spiro atoms. The number of unbranched alkanes of at least 4 members (excludes halogenated alkanes) is 2. The van der Waals surface area contributed by atoms with Crippen LogP contribution < -0.4 is 4.74 Å². The van der Waals surface area contributed by atoms with Crippen LogP contribution in [0.15, 0.2) is 18.2 Å². The van der Waals surface area contributed by atoms with Crippen LogP contribution >= 0.6 is 0 Å². The van der Waals surface area contributed by atoms with Crippen LogP contribution in [0.25, 0.3) is 5.57 Å². The molecule has 0 aliphatic heterocycles. The molecule has 1 saturated carbocycles. The Labute approximate surface area is 188 Å². The minimum Gasteiger partial charge on any atom is -0.488 e. The summed E-state index contributed by atoms with van der Waals surface area (Å²) in [5.41, 5.74) is 1.39. The average Bonchev–Trinajstić information content (AvgIpc) is 2.78. The highest BCUT2D eigenvalue weighted by atomic mass is 19.2. The maximum absolute atomic E-state index is 14.9. The lowest BCUT2D eigenvalue weighted by Crippen LogP contribution is -2.23. The van der Waals surface area contributed by atoms with Gasteiger partial charge in [0.15, 0.2) is 11.6 Å². The maximum Gasteiger partial charge on any atom is 0.201 e. The lowest BCUT2D eigenvalue weighted by Gasteiger charge is -2.35. The first kappa shape index (κ1) is 24.3. The molecule has 0 saturated heterocycles. The summed E-state index contributed by atoms with van der Waals surface area (Å²) in [5.74, 6) is 0.926. The fourth-order valence-electron chi connectivity index (χ4n) is 5.71. The van der Waals surface area contributed by atoms with Gasteiger partial charge in [-0.15, -0.1) is 0 Å². The van der Waals surface area contributed by atoms with Crippen LogP contribution in [0.2, 0.25) is 0 Å². The zero-order chi connectivity index (χ0) is 22.2. The Morgan fingerprint density at radius 3 is 2.35 bits per heavy atom. The van der Waals surface area contributed by atoms with Gasteiger partial charge in [-0.1, -0.05) is 58.4 Å². The van der Waals surface area contributed by atoms with Crippen molar-refractivity contribution in [1.29, 1.82) is 0 Å². The van der Waals surface area contributed by atoms with Crippen molar-refractivity contribution in [2.75, 3.05) is 0 Å². The molecule has 1 fully saturated rings. The number of allylic oxidation sites excluding steroid dienone is 2. The van der Waals surface area contributed by atoms with Gasteiger partial charge < -0.3 is 4.74 Å². The summed E-state index contributed by atoms with van der Waals surface area (Å²) in [6, 6.07) is 3.33. The second kappa shape index (κ2) is 12.0. The van der Waals surface area contributed by atoms with E-state index >= 15 is 0 Å². The molecule has 174 valence electrons. The summed E-state index contributed by atoms with van der Waals surface area (Å²) >= 11 is 0. The van der Waals surface area contributed by atoms with E-state index in [0.29, 0.717) is 11.5 Å². The van der Waals surface area contributed by atoms with Gasteiger partial charge in [0.2, 0.25) is 5.82 Å². The summed E-state index contributed by atoms with van der Waals surface area (Å²) in [6.45, 7) is 6.37. The Kier molecular flexibility index (Phi) is 9.41.